The third-order valence-corrected chi connectivity index (χ3v) is 3.14. The minimum absolute atomic E-state index is 0.404. The normalized spacial score (nSPS) is 10.8. The van der Waals surface area contributed by atoms with E-state index in [1.54, 1.807) is 18.5 Å². The fourth-order valence-corrected chi connectivity index (χ4v) is 2.27. The molecule has 0 saturated carbocycles. The molecular weight excluding hydrogens is 272 g/mol. The highest BCUT2D eigenvalue weighted by Crippen LogP contribution is 2.21. The van der Waals surface area contributed by atoms with Gasteiger partial charge in [0.15, 0.2) is 0 Å². The van der Waals surface area contributed by atoms with E-state index in [1.807, 2.05) is 22.8 Å². The van der Waals surface area contributed by atoms with Crippen LogP contribution >= 0.6 is 0 Å². The first kappa shape index (κ1) is 13.3. The molecule has 0 fully saturated rings. The van der Waals surface area contributed by atoms with Crippen LogP contribution in [0.25, 0.3) is 11.4 Å². The van der Waals surface area contributed by atoms with E-state index in [0.717, 1.165) is 11.6 Å². The van der Waals surface area contributed by atoms with Gasteiger partial charge in [0, 0.05) is 36.3 Å². The van der Waals surface area contributed by atoms with Crippen molar-refractivity contribution in [1.29, 1.82) is 0 Å². The van der Waals surface area contributed by atoms with Crippen molar-refractivity contribution in [2.45, 2.75) is 6.54 Å². The van der Waals surface area contributed by atoms with Gasteiger partial charge in [0.1, 0.15) is 17.5 Å². The van der Waals surface area contributed by atoms with Crippen LogP contribution in [-0.4, -0.2) is 9.55 Å². The van der Waals surface area contributed by atoms with Crippen LogP contribution in [0.5, 0.6) is 0 Å². The Morgan fingerprint density at radius 3 is 2.52 bits per heavy atom. The number of halogens is 2. The summed E-state index contributed by atoms with van der Waals surface area (Å²) >= 11 is 0. The number of nitrogens with two attached hydrogens (primary N) is 1. The summed E-state index contributed by atoms with van der Waals surface area (Å²) in [4.78, 5) is 4.19. The molecule has 0 bridgehead atoms. The summed E-state index contributed by atoms with van der Waals surface area (Å²) in [5.74, 6) is -0.733. The zero-order chi connectivity index (χ0) is 14.8. The Morgan fingerprint density at radius 2 is 1.81 bits per heavy atom. The first-order chi connectivity index (χ1) is 10.1. The fraction of sp³-hybridized carbons (Fsp3) is 0.0625. The molecule has 0 aliphatic rings. The van der Waals surface area contributed by atoms with Gasteiger partial charge in [0.25, 0.3) is 0 Å². The Balaban J connectivity index is 1.97. The number of hydrogen-bond donors (Lipinski definition) is 1. The molecule has 0 aliphatic carbocycles. The average molecular weight is 285 g/mol. The highest BCUT2D eigenvalue weighted by molar-refractivity contribution is 5.56. The molecule has 106 valence electrons. The second kappa shape index (κ2) is 5.36. The number of aromatic nitrogens is 2. The van der Waals surface area contributed by atoms with Crippen LogP contribution < -0.4 is 5.73 Å². The van der Waals surface area contributed by atoms with Gasteiger partial charge in [-0.2, -0.15) is 0 Å². The highest BCUT2D eigenvalue weighted by atomic mass is 19.1. The molecule has 0 radical (unpaired) electrons. The van der Waals surface area contributed by atoms with Gasteiger partial charge in [-0.15, -0.1) is 0 Å². The van der Waals surface area contributed by atoms with Gasteiger partial charge >= 0.3 is 0 Å². The van der Waals surface area contributed by atoms with Gasteiger partial charge in [0.05, 0.1) is 0 Å². The number of imidazole rings is 1. The molecule has 0 unspecified atom stereocenters. The Morgan fingerprint density at radius 1 is 1.05 bits per heavy atom. The van der Waals surface area contributed by atoms with E-state index in [9.17, 15) is 8.78 Å². The standard InChI is InChI=1S/C16H13F2N3/c17-13-7-12(8-14(18)9-13)16-20-4-5-21(16)10-11-2-1-3-15(19)6-11/h1-9H,10,19H2. The predicted molar refractivity (Wildman–Crippen MR) is 77.5 cm³/mol. The van der Waals surface area contributed by atoms with Crippen LogP contribution in [0.15, 0.2) is 54.9 Å². The van der Waals surface area contributed by atoms with E-state index >= 15 is 0 Å². The summed E-state index contributed by atoms with van der Waals surface area (Å²) in [7, 11) is 0. The summed E-state index contributed by atoms with van der Waals surface area (Å²) < 4.78 is 28.5. The Labute approximate surface area is 120 Å². The monoisotopic (exact) mass is 285 g/mol. The maximum atomic E-state index is 13.3. The van der Waals surface area contributed by atoms with E-state index in [1.165, 1.54) is 12.1 Å². The lowest BCUT2D eigenvalue weighted by molar-refractivity contribution is 0.583. The van der Waals surface area contributed by atoms with Crippen molar-refractivity contribution in [3.8, 4) is 11.4 Å². The molecule has 2 aromatic carbocycles. The number of nitrogens with zero attached hydrogens (tertiary/aromatic N) is 2. The van der Waals surface area contributed by atoms with E-state index in [-0.39, 0.29) is 0 Å². The van der Waals surface area contributed by atoms with Gasteiger partial charge in [-0.25, -0.2) is 13.8 Å². The predicted octanol–water partition coefficient (Wildman–Crippen LogP) is 3.46. The first-order valence-electron chi connectivity index (χ1n) is 6.44. The molecule has 3 nitrogen and oxygen atoms in total. The first-order valence-corrected chi connectivity index (χ1v) is 6.44. The largest absolute Gasteiger partial charge is 0.399 e. The zero-order valence-corrected chi connectivity index (χ0v) is 11.1. The minimum Gasteiger partial charge on any atom is -0.399 e. The molecule has 1 heterocycles. The zero-order valence-electron chi connectivity index (χ0n) is 11.1. The third-order valence-electron chi connectivity index (χ3n) is 3.14. The van der Waals surface area contributed by atoms with Crippen LogP contribution in [0.1, 0.15) is 5.56 Å². The average Bonchev–Trinajstić information content (AvgIpc) is 2.85. The van der Waals surface area contributed by atoms with Gasteiger partial charge < -0.3 is 10.3 Å². The number of nitrogen functional groups attached to an aromatic ring is 1. The lowest BCUT2D eigenvalue weighted by Gasteiger charge is -2.09. The van der Waals surface area contributed by atoms with Crippen molar-refractivity contribution >= 4 is 5.69 Å². The van der Waals surface area contributed by atoms with Gasteiger partial charge in [0.2, 0.25) is 0 Å². The highest BCUT2D eigenvalue weighted by Gasteiger charge is 2.09. The lowest BCUT2D eigenvalue weighted by atomic mass is 10.1. The smallest absolute Gasteiger partial charge is 0.140 e. The summed E-state index contributed by atoms with van der Waals surface area (Å²) in [5, 5.41) is 0. The third kappa shape index (κ3) is 2.91. The van der Waals surface area contributed by atoms with Crippen LogP contribution in [0, 0.1) is 11.6 Å². The molecule has 3 rings (SSSR count). The van der Waals surface area contributed by atoms with Crippen LogP contribution in [0.3, 0.4) is 0 Å². The molecule has 0 aliphatic heterocycles. The molecule has 1 aromatic heterocycles. The van der Waals surface area contributed by atoms with Crippen molar-refractivity contribution in [3.63, 3.8) is 0 Å². The van der Waals surface area contributed by atoms with Crippen molar-refractivity contribution in [1.82, 2.24) is 9.55 Å². The molecule has 0 saturated heterocycles. The molecule has 21 heavy (non-hydrogen) atoms. The molecular formula is C16H13F2N3. The molecule has 3 aromatic rings. The maximum Gasteiger partial charge on any atom is 0.140 e. The summed E-state index contributed by atoms with van der Waals surface area (Å²) in [5.41, 5.74) is 7.82. The van der Waals surface area contributed by atoms with Crippen LogP contribution in [0.4, 0.5) is 14.5 Å². The van der Waals surface area contributed by atoms with Gasteiger partial charge in [-0.1, -0.05) is 12.1 Å². The number of anilines is 1. The van der Waals surface area contributed by atoms with Gasteiger partial charge in [-0.05, 0) is 29.8 Å². The van der Waals surface area contributed by atoms with Crippen molar-refractivity contribution in [2.24, 2.45) is 0 Å². The Kier molecular flexibility index (Phi) is 3.39. The second-order valence-corrected chi connectivity index (χ2v) is 4.78. The van der Waals surface area contributed by atoms with E-state index < -0.39 is 11.6 Å². The molecule has 0 spiro atoms. The van der Waals surface area contributed by atoms with E-state index in [4.69, 9.17) is 5.73 Å². The second-order valence-electron chi connectivity index (χ2n) is 4.78. The van der Waals surface area contributed by atoms with E-state index in [0.29, 0.717) is 23.6 Å². The lowest BCUT2D eigenvalue weighted by Crippen LogP contribution is -2.02. The molecule has 5 heteroatoms. The van der Waals surface area contributed by atoms with E-state index in [2.05, 4.69) is 4.98 Å². The van der Waals surface area contributed by atoms with Crippen molar-refractivity contribution < 1.29 is 8.78 Å². The number of hydrogen-bond acceptors (Lipinski definition) is 2. The Hall–Kier alpha value is -2.69. The molecule has 0 atom stereocenters. The summed E-state index contributed by atoms with van der Waals surface area (Å²) in [6.45, 7) is 0.526. The summed E-state index contributed by atoms with van der Waals surface area (Å²) in [6, 6.07) is 10.8. The Bertz CT molecular complexity index is 760. The molecule has 2 N–H and O–H groups in total. The van der Waals surface area contributed by atoms with Gasteiger partial charge in [-0.3, -0.25) is 0 Å². The van der Waals surface area contributed by atoms with Crippen molar-refractivity contribution in [2.75, 3.05) is 5.73 Å². The SMILES string of the molecule is Nc1cccc(Cn2ccnc2-c2cc(F)cc(F)c2)c1. The topological polar surface area (TPSA) is 43.8 Å². The number of rotatable bonds is 3. The number of benzene rings is 2. The van der Waals surface area contributed by atoms with Crippen LogP contribution in [-0.2, 0) is 6.54 Å². The van der Waals surface area contributed by atoms with Crippen molar-refractivity contribution in [3.05, 3.63) is 72.1 Å². The minimum atomic E-state index is -0.622. The summed E-state index contributed by atoms with van der Waals surface area (Å²) in [6.07, 6.45) is 3.37. The maximum absolute atomic E-state index is 13.3. The van der Waals surface area contributed by atoms with Crippen LogP contribution in [0.2, 0.25) is 0 Å². The fourth-order valence-electron chi connectivity index (χ4n) is 2.27. The quantitative estimate of drug-likeness (QED) is 0.749. The molecule has 0 amide bonds.